The Morgan fingerprint density at radius 1 is 1.63 bits per heavy atom. The molecule has 3 unspecified atom stereocenters. The lowest BCUT2D eigenvalue weighted by Crippen LogP contribution is -2.43. The Kier molecular flexibility index (Phi) is 3.37. The number of amides is 1. The monoisotopic (exact) mass is 280 g/mol. The Labute approximate surface area is 117 Å². The zero-order chi connectivity index (χ0) is 13.5. The first-order valence-electron chi connectivity index (χ1n) is 6.83. The maximum absolute atomic E-state index is 12.4. The zero-order valence-corrected chi connectivity index (χ0v) is 12.2. The number of thiophene rings is 1. The Bertz CT molecular complexity index is 454. The molecule has 2 aliphatic rings. The van der Waals surface area contributed by atoms with Gasteiger partial charge in [-0.3, -0.25) is 10.1 Å². The molecule has 1 N–H and O–H groups in total. The van der Waals surface area contributed by atoms with Gasteiger partial charge in [0.05, 0.1) is 18.2 Å². The predicted octanol–water partition coefficient (Wildman–Crippen LogP) is 2.14. The molecule has 19 heavy (non-hydrogen) atoms. The molecule has 1 aromatic rings. The summed E-state index contributed by atoms with van der Waals surface area (Å²) in [5.74, 6) is 0.176. The van der Waals surface area contributed by atoms with E-state index in [1.807, 2.05) is 17.9 Å². The van der Waals surface area contributed by atoms with Crippen LogP contribution < -0.4 is 5.32 Å². The minimum absolute atomic E-state index is 0.00326. The van der Waals surface area contributed by atoms with Gasteiger partial charge in [0, 0.05) is 11.5 Å². The van der Waals surface area contributed by atoms with Crippen LogP contribution in [0.2, 0.25) is 0 Å². The van der Waals surface area contributed by atoms with Crippen LogP contribution in [-0.2, 0) is 9.53 Å². The topological polar surface area (TPSA) is 41.6 Å². The second kappa shape index (κ2) is 4.89. The molecule has 0 aliphatic carbocycles. The Balaban J connectivity index is 1.81. The van der Waals surface area contributed by atoms with Crippen molar-refractivity contribution in [3.63, 3.8) is 0 Å². The fraction of sp³-hybridized carbons (Fsp3) is 0.643. The summed E-state index contributed by atoms with van der Waals surface area (Å²) < 4.78 is 5.83. The van der Waals surface area contributed by atoms with E-state index in [4.69, 9.17) is 4.74 Å². The third-order valence-electron chi connectivity index (χ3n) is 3.99. The summed E-state index contributed by atoms with van der Waals surface area (Å²) in [6.45, 7) is 5.53. The third-order valence-corrected chi connectivity index (χ3v) is 4.92. The fourth-order valence-corrected chi connectivity index (χ4v) is 3.74. The summed E-state index contributed by atoms with van der Waals surface area (Å²) in [7, 11) is 0. The molecule has 0 bridgehead atoms. The fourth-order valence-electron chi connectivity index (χ4n) is 2.95. The van der Waals surface area contributed by atoms with Crippen molar-refractivity contribution >= 4 is 17.2 Å². The van der Waals surface area contributed by atoms with Gasteiger partial charge in [-0.05, 0) is 38.1 Å². The molecule has 2 aliphatic heterocycles. The summed E-state index contributed by atoms with van der Waals surface area (Å²) in [6, 6.07) is 4.00. The van der Waals surface area contributed by atoms with E-state index in [1.54, 1.807) is 11.3 Å². The lowest BCUT2D eigenvalue weighted by molar-refractivity contribution is -0.133. The number of carbonyl (C=O) groups is 1. The number of nitrogens with one attached hydrogen (secondary N) is 1. The van der Waals surface area contributed by atoms with Crippen molar-refractivity contribution < 1.29 is 9.53 Å². The van der Waals surface area contributed by atoms with Gasteiger partial charge in [-0.25, -0.2) is 0 Å². The maximum atomic E-state index is 12.4. The van der Waals surface area contributed by atoms with Crippen molar-refractivity contribution in [1.29, 1.82) is 0 Å². The highest BCUT2D eigenvalue weighted by atomic mass is 32.1. The van der Waals surface area contributed by atoms with E-state index < -0.39 is 0 Å². The lowest BCUT2D eigenvalue weighted by Gasteiger charge is -2.32. The van der Waals surface area contributed by atoms with Gasteiger partial charge in [-0.15, -0.1) is 11.3 Å². The number of hydrogen-bond acceptors (Lipinski definition) is 4. The molecule has 104 valence electrons. The molecule has 2 saturated heterocycles. The largest absolute Gasteiger partial charge is 0.373 e. The van der Waals surface area contributed by atoms with Crippen molar-refractivity contribution in [3.05, 3.63) is 22.4 Å². The molecule has 4 nitrogen and oxygen atoms in total. The van der Waals surface area contributed by atoms with Crippen LogP contribution in [0.25, 0.3) is 0 Å². The molecule has 0 spiro atoms. The highest BCUT2D eigenvalue weighted by Gasteiger charge is 2.42. The maximum Gasteiger partial charge on any atom is 0.241 e. The summed E-state index contributed by atoms with van der Waals surface area (Å²) in [6.07, 6.45) is 2.12. The normalized spacial score (nSPS) is 35.3. The van der Waals surface area contributed by atoms with Gasteiger partial charge >= 0.3 is 0 Å². The highest BCUT2D eigenvalue weighted by Crippen LogP contribution is 2.33. The number of hydrogen-bond donors (Lipinski definition) is 1. The Morgan fingerprint density at radius 3 is 3.11 bits per heavy atom. The van der Waals surface area contributed by atoms with Crippen LogP contribution >= 0.6 is 11.3 Å². The average molecular weight is 280 g/mol. The van der Waals surface area contributed by atoms with Gasteiger partial charge in [0.1, 0.15) is 6.17 Å². The van der Waals surface area contributed by atoms with Crippen LogP contribution in [-0.4, -0.2) is 35.6 Å². The van der Waals surface area contributed by atoms with Gasteiger partial charge in [0.25, 0.3) is 0 Å². The van der Waals surface area contributed by atoms with Crippen molar-refractivity contribution in [2.24, 2.45) is 0 Å². The summed E-state index contributed by atoms with van der Waals surface area (Å²) in [4.78, 5) is 15.5. The Morgan fingerprint density at radius 2 is 2.47 bits per heavy atom. The van der Waals surface area contributed by atoms with Crippen molar-refractivity contribution in [2.45, 2.75) is 44.5 Å². The molecule has 0 aromatic carbocycles. The van der Waals surface area contributed by atoms with Gasteiger partial charge in [0.15, 0.2) is 0 Å². The lowest BCUT2D eigenvalue weighted by atomic mass is 10.0. The van der Waals surface area contributed by atoms with Gasteiger partial charge in [-0.1, -0.05) is 6.07 Å². The molecule has 1 aromatic heterocycles. The van der Waals surface area contributed by atoms with E-state index in [0.717, 1.165) is 19.4 Å². The minimum Gasteiger partial charge on any atom is -0.373 e. The molecule has 5 heteroatoms. The molecular formula is C14H20N2O2S. The smallest absolute Gasteiger partial charge is 0.241 e. The Hall–Kier alpha value is -0.910. The molecule has 1 amide bonds. The number of ether oxygens (including phenoxy) is 1. The molecule has 3 rings (SSSR count). The van der Waals surface area contributed by atoms with Crippen LogP contribution in [0.3, 0.4) is 0 Å². The number of rotatable bonds is 3. The quantitative estimate of drug-likeness (QED) is 0.922. The zero-order valence-electron chi connectivity index (χ0n) is 11.4. The number of nitrogens with zero attached hydrogens (tertiary/aromatic N) is 1. The van der Waals surface area contributed by atoms with Crippen molar-refractivity contribution in [3.8, 4) is 0 Å². The summed E-state index contributed by atoms with van der Waals surface area (Å²) in [5, 5.41) is 5.43. The van der Waals surface area contributed by atoms with Crippen LogP contribution in [0.1, 0.15) is 37.7 Å². The van der Waals surface area contributed by atoms with Crippen LogP contribution in [0, 0.1) is 0 Å². The number of carbonyl (C=O) groups excluding carboxylic acids is 1. The summed E-state index contributed by atoms with van der Waals surface area (Å²) >= 11 is 1.69. The molecule has 0 radical (unpaired) electrons. The molecule has 3 heterocycles. The van der Waals surface area contributed by atoms with E-state index in [9.17, 15) is 4.79 Å². The van der Waals surface area contributed by atoms with E-state index in [2.05, 4.69) is 23.7 Å². The second-order valence-electron chi connectivity index (χ2n) is 5.67. The van der Waals surface area contributed by atoms with Crippen molar-refractivity contribution in [1.82, 2.24) is 10.2 Å². The van der Waals surface area contributed by atoms with Gasteiger partial charge < -0.3 is 9.64 Å². The standard InChI is InChI=1S/C14H20N2O2S/c1-10-13(17)16(9-14(2)6-4-7-18-14)12(15-10)11-5-3-8-19-11/h3,5,8,10,12,15H,4,6-7,9H2,1-2H3. The second-order valence-corrected chi connectivity index (χ2v) is 6.65. The van der Waals surface area contributed by atoms with E-state index >= 15 is 0 Å². The van der Waals surface area contributed by atoms with E-state index in [0.29, 0.717) is 6.54 Å². The first-order valence-corrected chi connectivity index (χ1v) is 7.71. The van der Waals surface area contributed by atoms with E-state index in [1.165, 1.54) is 4.88 Å². The minimum atomic E-state index is -0.184. The highest BCUT2D eigenvalue weighted by molar-refractivity contribution is 7.10. The van der Waals surface area contributed by atoms with Gasteiger partial charge in [0.2, 0.25) is 5.91 Å². The summed E-state index contributed by atoms with van der Waals surface area (Å²) in [5.41, 5.74) is -0.184. The third kappa shape index (κ3) is 2.42. The van der Waals surface area contributed by atoms with Crippen molar-refractivity contribution in [2.75, 3.05) is 13.2 Å². The molecule has 0 saturated carbocycles. The first kappa shape index (κ1) is 13.1. The van der Waals surface area contributed by atoms with Crippen LogP contribution in [0.5, 0.6) is 0 Å². The molecular weight excluding hydrogens is 260 g/mol. The predicted molar refractivity (Wildman–Crippen MR) is 75.0 cm³/mol. The van der Waals surface area contributed by atoms with Crippen LogP contribution in [0.4, 0.5) is 0 Å². The molecule has 3 atom stereocenters. The van der Waals surface area contributed by atoms with Crippen LogP contribution in [0.15, 0.2) is 17.5 Å². The molecule has 2 fully saturated rings. The van der Waals surface area contributed by atoms with E-state index in [-0.39, 0.29) is 23.7 Å². The average Bonchev–Trinajstić information content (AvgIpc) is 3.08. The SMILES string of the molecule is CC1NC(c2cccs2)N(CC2(C)CCCO2)C1=O. The van der Waals surface area contributed by atoms with Gasteiger partial charge in [-0.2, -0.15) is 0 Å². The first-order chi connectivity index (χ1) is 9.09.